The maximum atomic E-state index is 12.2. The molecular formula is C12H18N2O3. The summed E-state index contributed by atoms with van der Waals surface area (Å²) in [5.74, 6) is -1.92. The first-order valence-electron chi connectivity index (χ1n) is 6.00. The predicted molar refractivity (Wildman–Crippen MR) is 61.0 cm³/mol. The molecule has 1 N–H and O–H groups in total. The van der Waals surface area contributed by atoms with E-state index in [4.69, 9.17) is 10.4 Å². The normalized spacial score (nSPS) is 23.1. The number of carboxylic acid groups (broad SMARTS) is 1. The fourth-order valence-electron chi connectivity index (χ4n) is 2.39. The standard InChI is InChI=1S/C12H18N2O3/c1-2-14(8-4-7-13)11(15)9-5-3-6-10(9)12(16)17/h9-10H,2-6,8H2,1H3,(H,16,17). The lowest BCUT2D eigenvalue weighted by Crippen LogP contribution is -2.39. The monoisotopic (exact) mass is 238 g/mol. The van der Waals surface area contributed by atoms with Crippen LogP contribution >= 0.6 is 0 Å². The first-order chi connectivity index (χ1) is 8.11. The molecule has 0 aromatic carbocycles. The van der Waals surface area contributed by atoms with E-state index < -0.39 is 17.8 Å². The summed E-state index contributed by atoms with van der Waals surface area (Å²) in [4.78, 5) is 24.8. The Hall–Kier alpha value is -1.57. The molecule has 1 amide bonds. The molecule has 0 saturated heterocycles. The molecule has 2 unspecified atom stereocenters. The second-order valence-electron chi connectivity index (χ2n) is 4.31. The number of nitrogens with zero attached hydrogens (tertiary/aromatic N) is 2. The van der Waals surface area contributed by atoms with Crippen LogP contribution < -0.4 is 0 Å². The topological polar surface area (TPSA) is 81.4 Å². The van der Waals surface area contributed by atoms with Crippen LogP contribution in [0.1, 0.15) is 32.6 Å². The molecular weight excluding hydrogens is 220 g/mol. The number of carbonyl (C=O) groups excluding carboxylic acids is 1. The van der Waals surface area contributed by atoms with Crippen molar-refractivity contribution in [2.75, 3.05) is 13.1 Å². The van der Waals surface area contributed by atoms with Crippen molar-refractivity contribution in [3.63, 3.8) is 0 Å². The predicted octanol–water partition coefficient (Wildman–Crippen LogP) is 1.25. The molecule has 1 saturated carbocycles. The smallest absolute Gasteiger partial charge is 0.307 e. The van der Waals surface area contributed by atoms with Gasteiger partial charge in [0.1, 0.15) is 0 Å². The fraction of sp³-hybridized carbons (Fsp3) is 0.750. The van der Waals surface area contributed by atoms with Gasteiger partial charge in [0.2, 0.25) is 5.91 Å². The van der Waals surface area contributed by atoms with Crippen molar-refractivity contribution in [3.8, 4) is 6.07 Å². The maximum Gasteiger partial charge on any atom is 0.307 e. The van der Waals surface area contributed by atoms with E-state index in [-0.39, 0.29) is 5.91 Å². The molecule has 0 radical (unpaired) electrons. The Morgan fingerprint density at radius 3 is 2.59 bits per heavy atom. The van der Waals surface area contributed by atoms with Crippen molar-refractivity contribution in [1.82, 2.24) is 4.90 Å². The number of hydrogen-bond donors (Lipinski definition) is 1. The Balaban J connectivity index is 2.67. The molecule has 0 spiro atoms. The van der Waals surface area contributed by atoms with E-state index >= 15 is 0 Å². The number of nitriles is 1. The van der Waals surface area contributed by atoms with Crippen LogP contribution in [-0.4, -0.2) is 35.0 Å². The van der Waals surface area contributed by atoms with E-state index in [2.05, 4.69) is 0 Å². The van der Waals surface area contributed by atoms with Gasteiger partial charge in [-0.3, -0.25) is 9.59 Å². The summed E-state index contributed by atoms with van der Waals surface area (Å²) in [5, 5.41) is 17.6. The van der Waals surface area contributed by atoms with Crippen LogP contribution in [0, 0.1) is 23.2 Å². The average molecular weight is 238 g/mol. The number of carbonyl (C=O) groups is 2. The Kier molecular flexibility index (Phi) is 4.95. The molecule has 5 nitrogen and oxygen atoms in total. The number of carboxylic acids is 1. The van der Waals surface area contributed by atoms with Crippen LogP contribution in [0.15, 0.2) is 0 Å². The zero-order valence-corrected chi connectivity index (χ0v) is 10.1. The summed E-state index contributed by atoms with van der Waals surface area (Å²) >= 11 is 0. The SMILES string of the molecule is CCN(CCC#N)C(=O)C1CCCC1C(=O)O. The highest BCUT2D eigenvalue weighted by Crippen LogP contribution is 2.33. The zero-order valence-electron chi connectivity index (χ0n) is 10.1. The third kappa shape index (κ3) is 3.19. The van der Waals surface area contributed by atoms with Crippen LogP contribution in [0.2, 0.25) is 0 Å². The van der Waals surface area contributed by atoms with Crippen LogP contribution in [0.4, 0.5) is 0 Å². The number of rotatable bonds is 5. The van der Waals surface area contributed by atoms with Gasteiger partial charge >= 0.3 is 5.97 Å². The lowest BCUT2D eigenvalue weighted by Gasteiger charge is -2.25. The molecule has 0 heterocycles. The molecule has 0 aliphatic heterocycles. The second kappa shape index (κ2) is 6.24. The molecule has 0 aromatic heterocycles. The van der Waals surface area contributed by atoms with Crippen LogP contribution in [-0.2, 0) is 9.59 Å². The minimum Gasteiger partial charge on any atom is -0.481 e. The van der Waals surface area contributed by atoms with E-state index in [1.165, 1.54) is 0 Å². The lowest BCUT2D eigenvalue weighted by atomic mass is 9.94. The van der Waals surface area contributed by atoms with Gasteiger partial charge in [-0.15, -0.1) is 0 Å². The van der Waals surface area contributed by atoms with Gasteiger partial charge in [-0.25, -0.2) is 0 Å². The third-order valence-electron chi connectivity index (χ3n) is 3.34. The first kappa shape index (κ1) is 13.5. The third-order valence-corrected chi connectivity index (χ3v) is 3.34. The molecule has 1 fully saturated rings. The molecule has 1 aliphatic carbocycles. The van der Waals surface area contributed by atoms with E-state index in [0.717, 1.165) is 6.42 Å². The van der Waals surface area contributed by atoms with Crippen LogP contribution in [0.5, 0.6) is 0 Å². The Labute approximate surface area is 101 Å². The van der Waals surface area contributed by atoms with E-state index in [9.17, 15) is 9.59 Å². The van der Waals surface area contributed by atoms with Gasteiger partial charge in [-0.1, -0.05) is 6.42 Å². The number of hydrogen-bond acceptors (Lipinski definition) is 3. The summed E-state index contributed by atoms with van der Waals surface area (Å²) < 4.78 is 0. The van der Waals surface area contributed by atoms with Crippen molar-refractivity contribution < 1.29 is 14.7 Å². The Morgan fingerprint density at radius 2 is 2.06 bits per heavy atom. The quantitative estimate of drug-likeness (QED) is 0.781. The number of aliphatic carboxylic acids is 1. The summed E-state index contributed by atoms with van der Waals surface area (Å²) in [6, 6.07) is 2.00. The van der Waals surface area contributed by atoms with Crippen LogP contribution in [0.25, 0.3) is 0 Å². The molecule has 5 heteroatoms. The first-order valence-corrected chi connectivity index (χ1v) is 6.00. The molecule has 0 bridgehead atoms. The van der Waals surface area contributed by atoms with Crippen molar-refractivity contribution in [3.05, 3.63) is 0 Å². The highest BCUT2D eigenvalue weighted by Gasteiger charge is 2.39. The Morgan fingerprint density at radius 1 is 1.41 bits per heavy atom. The molecule has 1 aliphatic rings. The van der Waals surface area contributed by atoms with Gasteiger partial charge in [0.15, 0.2) is 0 Å². The minimum absolute atomic E-state index is 0.104. The van der Waals surface area contributed by atoms with Gasteiger partial charge in [-0.05, 0) is 19.8 Å². The highest BCUT2D eigenvalue weighted by molar-refractivity contribution is 5.85. The molecule has 1 rings (SSSR count). The highest BCUT2D eigenvalue weighted by atomic mass is 16.4. The van der Waals surface area contributed by atoms with Crippen molar-refractivity contribution in [1.29, 1.82) is 5.26 Å². The van der Waals surface area contributed by atoms with Crippen molar-refractivity contribution in [2.45, 2.75) is 32.6 Å². The minimum atomic E-state index is -0.878. The maximum absolute atomic E-state index is 12.2. The largest absolute Gasteiger partial charge is 0.481 e. The van der Waals surface area contributed by atoms with E-state index in [1.54, 1.807) is 4.90 Å². The van der Waals surface area contributed by atoms with Crippen molar-refractivity contribution >= 4 is 11.9 Å². The van der Waals surface area contributed by atoms with Gasteiger partial charge < -0.3 is 10.0 Å². The average Bonchev–Trinajstić information content (AvgIpc) is 2.78. The molecule has 0 aromatic rings. The molecule has 17 heavy (non-hydrogen) atoms. The van der Waals surface area contributed by atoms with Gasteiger partial charge in [0, 0.05) is 13.1 Å². The van der Waals surface area contributed by atoms with E-state index in [1.807, 2.05) is 13.0 Å². The molecule has 94 valence electrons. The summed E-state index contributed by atoms with van der Waals surface area (Å²) in [5.41, 5.74) is 0. The Bertz CT molecular complexity index is 335. The zero-order chi connectivity index (χ0) is 12.8. The number of amides is 1. The lowest BCUT2D eigenvalue weighted by molar-refractivity contribution is -0.149. The summed E-state index contributed by atoms with van der Waals surface area (Å²) in [6.45, 7) is 2.78. The van der Waals surface area contributed by atoms with E-state index in [0.29, 0.717) is 32.4 Å². The van der Waals surface area contributed by atoms with Gasteiger partial charge in [0.25, 0.3) is 0 Å². The van der Waals surface area contributed by atoms with Crippen LogP contribution in [0.3, 0.4) is 0 Å². The summed E-state index contributed by atoms with van der Waals surface area (Å²) in [6.07, 6.45) is 2.33. The van der Waals surface area contributed by atoms with Gasteiger partial charge in [-0.2, -0.15) is 5.26 Å². The second-order valence-corrected chi connectivity index (χ2v) is 4.31. The molecule has 2 atom stereocenters. The fourth-order valence-corrected chi connectivity index (χ4v) is 2.39. The van der Waals surface area contributed by atoms with Crippen molar-refractivity contribution in [2.24, 2.45) is 11.8 Å². The summed E-state index contributed by atoms with van der Waals surface area (Å²) in [7, 11) is 0. The van der Waals surface area contributed by atoms with Gasteiger partial charge in [0.05, 0.1) is 24.3 Å².